The fraction of sp³-hybridized carbons (Fsp3) is 0.357. The number of nitrogens with one attached hydrogen (secondary N) is 1. The highest BCUT2D eigenvalue weighted by atomic mass is 32.1. The summed E-state index contributed by atoms with van der Waals surface area (Å²) in [6, 6.07) is 3.17. The predicted molar refractivity (Wildman–Crippen MR) is 72.4 cm³/mol. The monoisotopic (exact) mass is 316 g/mol. The average Bonchev–Trinajstić information content (AvgIpc) is 3.13. The summed E-state index contributed by atoms with van der Waals surface area (Å²) in [7, 11) is 0. The fourth-order valence-electron chi connectivity index (χ4n) is 1.99. The molecule has 1 aromatic heterocycles. The first-order valence-corrected chi connectivity index (χ1v) is 7.36. The topological polar surface area (TPSA) is 24.9 Å². The second-order valence-corrected chi connectivity index (χ2v) is 5.84. The average molecular weight is 316 g/mol. The van der Waals surface area contributed by atoms with Crippen molar-refractivity contribution < 1.29 is 17.6 Å². The Labute approximate surface area is 122 Å². The molecule has 112 valence electrons. The molecule has 1 aliphatic carbocycles. The van der Waals surface area contributed by atoms with Gasteiger partial charge in [-0.1, -0.05) is 0 Å². The van der Waals surface area contributed by atoms with Crippen molar-refractivity contribution in [3.63, 3.8) is 0 Å². The fourth-order valence-corrected chi connectivity index (χ4v) is 2.84. The van der Waals surface area contributed by atoms with Crippen LogP contribution in [0, 0.1) is 5.82 Å². The van der Waals surface area contributed by atoms with Crippen LogP contribution in [0.1, 0.15) is 24.1 Å². The van der Waals surface area contributed by atoms with Crippen LogP contribution >= 0.6 is 11.3 Å². The smallest absolute Gasteiger partial charge is 0.308 e. The van der Waals surface area contributed by atoms with Gasteiger partial charge in [0.05, 0.1) is 11.3 Å². The van der Waals surface area contributed by atoms with Crippen molar-refractivity contribution >= 4 is 11.3 Å². The van der Waals surface area contributed by atoms with Crippen molar-refractivity contribution in [2.75, 3.05) is 0 Å². The number of rotatable bonds is 4. The second-order valence-electron chi connectivity index (χ2n) is 4.99. The van der Waals surface area contributed by atoms with E-state index in [4.69, 9.17) is 0 Å². The zero-order chi connectivity index (χ0) is 15.0. The van der Waals surface area contributed by atoms with Crippen LogP contribution in [0.15, 0.2) is 23.6 Å². The lowest BCUT2D eigenvalue weighted by Crippen LogP contribution is -2.15. The van der Waals surface area contributed by atoms with Crippen molar-refractivity contribution in [3.05, 3.63) is 40.7 Å². The van der Waals surface area contributed by atoms with Gasteiger partial charge < -0.3 is 5.32 Å². The lowest BCUT2D eigenvalue weighted by molar-refractivity contribution is -0.137. The first-order chi connectivity index (χ1) is 9.93. The first-order valence-electron chi connectivity index (χ1n) is 6.48. The quantitative estimate of drug-likeness (QED) is 0.854. The molecular formula is C14H12F4N2S. The zero-order valence-corrected chi connectivity index (χ0v) is 11.7. The van der Waals surface area contributed by atoms with Crippen molar-refractivity contribution in [1.29, 1.82) is 0 Å². The molecule has 0 atom stereocenters. The largest absolute Gasteiger partial charge is 0.417 e. The highest BCUT2D eigenvalue weighted by Crippen LogP contribution is 2.38. The maximum absolute atomic E-state index is 13.1. The Morgan fingerprint density at radius 1 is 1.29 bits per heavy atom. The lowest BCUT2D eigenvalue weighted by Gasteiger charge is -2.11. The summed E-state index contributed by atoms with van der Waals surface area (Å²) in [4.78, 5) is 4.22. The van der Waals surface area contributed by atoms with E-state index >= 15 is 0 Å². The Kier molecular flexibility index (Phi) is 3.71. The minimum atomic E-state index is -4.60. The molecule has 1 fully saturated rings. The summed E-state index contributed by atoms with van der Waals surface area (Å²) in [5.74, 6) is -0.904. The minimum Gasteiger partial charge on any atom is -0.308 e. The van der Waals surface area contributed by atoms with E-state index in [2.05, 4.69) is 10.3 Å². The van der Waals surface area contributed by atoms with Crippen LogP contribution in [-0.4, -0.2) is 11.0 Å². The third-order valence-electron chi connectivity index (χ3n) is 3.22. The van der Waals surface area contributed by atoms with E-state index in [1.54, 1.807) is 5.38 Å². The summed E-state index contributed by atoms with van der Waals surface area (Å²) in [6.45, 7) is 0.545. The molecule has 1 heterocycles. The number of halogens is 4. The molecule has 0 unspecified atom stereocenters. The van der Waals surface area contributed by atoms with Gasteiger partial charge in [0.25, 0.3) is 0 Å². The van der Waals surface area contributed by atoms with Gasteiger partial charge >= 0.3 is 6.18 Å². The van der Waals surface area contributed by atoms with Gasteiger partial charge in [-0.05, 0) is 31.0 Å². The number of thiazole rings is 1. The zero-order valence-electron chi connectivity index (χ0n) is 10.9. The molecule has 1 aliphatic rings. The molecule has 0 bridgehead atoms. The van der Waals surface area contributed by atoms with E-state index in [1.807, 2.05) is 0 Å². The third kappa shape index (κ3) is 3.41. The van der Waals surface area contributed by atoms with Gasteiger partial charge in [-0.25, -0.2) is 9.37 Å². The van der Waals surface area contributed by atoms with E-state index in [-0.39, 0.29) is 10.6 Å². The Morgan fingerprint density at radius 2 is 2.05 bits per heavy atom. The van der Waals surface area contributed by atoms with Crippen molar-refractivity contribution in [2.24, 2.45) is 0 Å². The summed E-state index contributed by atoms with van der Waals surface area (Å²) in [6.07, 6.45) is -2.34. The van der Waals surface area contributed by atoms with Crippen LogP contribution in [0.4, 0.5) is 17.6 Å². The number of alkyl halides is 3. The van der Waals surface area contributed by atoms with Crippen LogP contribution in [0.25, 0.3) is 10.6 Å². The van der Waals surface area contributed by atoms with Gasteiger partial charge in [-0.15, -0.1) is 11.3 Å². The highest BCUT2D eigenvalue weighted by molar-refractivity contribution is 7.13. The number of hydrogen-bond acceptors (Lipinski definition) is 3. The van der Waals surface area contributed by atoms with E-state index in [9.17, 15) is 17.6 Å². The molecule has 1 saturated carbocycles. The standard InChI is InChI=1S/C14H12F4N2S/c15-8-1-4-11(12(5-8)14(16,17)18)13-20-10(7-21-13)6-19-9-2-3-9/h1,4-5,7,9,19H,2-3,6H2. The van der Waals surface area contributed by atoms with Crippen LogP contribution < -0.4 is 5.32 Å². The van der Waals surface area contributed by atoms with Gasteiger partial charge in [0.15, 0.2) is 0 Å². The lowest BCUT2D eigenvalue weighted by atomic mass is 10.1. The van der Waals surface area contributed by atoms with Gasteiger partial charge in [0.1, 0.15) is 10.8 Å². The second kappa shape index (κ2) is 5.38. The van der Waals surface area contributed by atoms with E-state index in [1.165, 1.54) is 0 Å². The number of nitrogens with zero attached hydrogens (tertiary/aromatic N) is 1. The molecule has 21 heavy (non-hydrogen) atoms. The first kappa shape index (κ1) is 14.5. The van der Waals surface area contributed by atoms with Crippen LogP contribution in [0.2, 0.25) is 0 Å². The third-order valence-corrected chi connectivity index (χ3v) is 4.14. The summed E-state index contributed by atoms with van der Waals surface area (Å²) in [5, 5.41) is 5.24. The maximum Gasteiger partial charge on any atom is 0.417 e. The SMILES string of the molecule is Fc1ccc(-c2nc(CNC3CC3)cs2)c(C(F)(F)F)c1. The Hall–Kier alpha value is -1.47. The Morgan fingerprint density at radius 3 is 2.71 bits per heavy atom. The van der Waals surface area contributed by atoms with Crippen molar-refractivity contribution in [2.45, 2.75) is 31.6 Å². The molecule has 0 spiro atoms. The summed E-state index contributed by atoms with van der Waals surface area (Å²) < 4.78 is 52.0. The molecule has 2 aromatic rings. The molecule has 1 aromatic carbocycles. The molecule has 1 N–H and O–H groups in total. The summed E-state index contributed by atoms with van der Waals surface area (Å²) in [5.41, 5.74) is -0.357. The number of benzene rings is 1. The Balaban J connectivity index is 1.88. The molecule has 7 heteroatoms. The van der Waals surface area contributed by atoms with E-state index in [0.717, 1.165) is 36.3 Å². The van der Waals surface area contributed by atoms with Crippen LogP contribution in [0.3, 0.4) is 0 Å². The molecule has 3 rings (SSSR count). The van der Waals surface area contributed by atoms with Gasteiger partial charge in [-0.3, -0.25) is 0 Å². The minimum absolute atomic E-state index is 0.0772. The van der Waals surface area contributed by atoms with Gasteiger partial charge in [0.2, 0.25) is 0 Å². The molecule has 0 aliphatic heterocycles. The van der Waals surface area contributed by atoms with E-state index < -0.39 is 17.6 Å². The highest BCUT2D eigenvalue weighted by Gasteiger charge is 2.34. The van der Waals surface area contributed by atoms with Crippen LogP contribution in [-0.2, 0) is 12.7 Å². The normalized spacial score (nSPS) is 15.4. The van der Waals surface area contributed by atoms with E-state index in [0.29, 0.717) is 24.3 Å². The van der Waals surface area contributed by atoms with Crippen molar-refractivity contribution in [1.82, 2.24) is 10.3 Å². The molecule has 0 saturated heterocycles. The molecule has 0 radical (unpaired) electrons. The predicted octanol–water partition coefficient (Wildman–Crippen LogP) is 4.22. The Bertz CT molecular complexity index is 647. The number of hydrogen-bond donors (Lipinski definition) is 1. The summed E-state index contributed by atoms with van der Waals surface area (Å²) >= 11 is 1.14. The molecule has 2 nitrogen and oxygen atoms in total. The van der Waals surface area contributed by atoms with Gasteiger partial charge in [-0.2, -0.15) is 13.2 Å². The van der Waals surface area contributed by atoms with Crippen molar-refractivity contribution in [3.8, 4) is 10.6 Å². The maximum atomic E-state index is 13.1. The molecule has 0 amide bonds. The van der Waals surface area contributed by atoms with Gasteiger partial charge in [0, 0.05) is 23.5 Å². The number of aromatic nitrogens is 1. The molecular weight excluding hydrogens is 304 g/mol. The van der Waals surface area contributed by atoms with Crippen LogP contribution in [0.5, 0.6) is 0 Å².